The van der Waals surface area contributed by atoms with Crippen molar-refractivity contribution in [2.75, 3.05) is 13.2 Å². The smallest absolute Gasteiger partial charge is 0.870 e. The largest absolute Gasteiger partial charge is 1.00 e. The molecule has 260 valence electrons. The molecule has 0 spiro atoms. The van der Waals surface area contributed by atoms with Gasteiger partial charge in [-0.2, -0.15) is 0 Å². The molecule has 0 heterocycles. The summed E-state index contributed by atoms with van der Waals surface area (Å²) < 4.78 is 13.2. The molecular weight excluding hydrogens is 935 g/mol. The molecule has 0 saturated carbocycles. The third-order valence-corrected chi connectivity index (χ3v) is 10.1. The number of hydrogen-bond acceptors (Lipinski definition) is 7. The molecule has 0 fully saturated rings. The molecule has 4 unspecified atom stereocenters. The monoisotopic (exact) mass is 964 g/mol. The molecule has 0 aromatic heterocycles. The minimum Gasteiger partial charge on any atom is -0.870 e. The summed E-state index contributed by atoms with van der Waals surface area (Å²) in [6, 6.07) is 28.2. The number of benzene rings is 4. The van der Waals surface area contributed by atoms with Crippen LogP contribution >= 0.6 is 63.7 Å². The molecule has 0 saturated heterocycles. The molecule has 0 aliphatic rings. The Morgan fingerprint density at radius 3 is 0.920 bits per heavy atom. The first-order valence-electron chi connectivity index (χ1n) is 14.7. The molecular formula is C36H33Br4KO9. The maximum absolute atomic E-state index is 12.9. The van der Waals surface area contributed by atoms with Gasteiger partial charge in [0.1, 0.15) is 23.7 Å². The van der Waals surface area contributed by atoms with Gasteiger partial charge in [0.2, 0.25) is 0 Å². The molecule has 0 aliphatic heterocycles. The topological polar surface area (TPSA) is 157 Å². The van der Waals surface area contributed by atoms with Gasteiger partial charge in [-0.3, -0.25) is 19.2 Å². The van der Waals surface area contributed by atoms with Crippen LogP contribution in [0.4, 0.5) is 0 Å². The number of esters is 2. The van der Waals surface area contributed by atoms with Crippen molar-refractivity contribution in [2.45, 2.75) is 37.5 Å². The van der Waals surface area contributed by atoms with Crippen LogP contribution in [-0.2, 0) is 28.7 Å². The third-order valence-electron chi connectivity index (χ3n) is 7.24. The van der Waals surface area contributed by atoms with Crippen LogP contribution in [0.3, 0.4) is 0 Å². The van der Waals surface area contributed by atoms with Crippen molar-refractivity contribution in [1.29, 1.82) is 0 Å². The fourth-order valence-electron chi connectivity index (χ4n) is 5.17. The average Bonchev–Trinajstić information content (AvgIpc) is 3.04. The summed E-state index contributed by atoms with van der Waals surface area (Å²) in [7, 11) is 0. The molecule has 4 aromatic rings. The van der Waals surface area contributed by atoms with Crippen LogP contribution in [0, 0.1) is 0 Å². The first-order valence-corrected chi connectivity index (χ1v) is 17.9. The van der Waals surface area contributed by atoms with E-state index in [-0.39, 0.29) is 70.1 Å². The summed E-state index contributed by atoms with van der Waals surface area (Å²) in [5.41, 5.74) is 2.22. The molecule has 4 aromatic carbocycles. The van der Waals surface area contributed by atoms with Crippen LogP contribution < -0.4 is 51.4 Å². The second kappa shape index (κ2) is 23.0. The molecule has 0 radical (unpaired) electrons. The Morgan fingerprint density at radius 1 is 0.500 bits per heavy atom. The van der Waals surface area contributed by atoms with Crippen molar-refractivity contribution in [3.63, 3.8) is 0 Å². The molecule has 50 heavy (non-hydrogen) atoms. The number of ether oxygens (including phenoxy) is 2. The van der Waals surface area contributed by atoms with Gasteiger partial charge in [-0.1, -0.05) is 137 Å². The van der Waals surface area contributed by atoms with E-state index in [1.165, 1.54) is 0 Å². The quantitative estimate of drug-likeness (QED) is 0.123. The normalized spacial score (nSPS) is 12.6. The Labute approximate surface area is 366 Å². The van der Waals surface area contributed by atoms with E-state index in [4.69, 9.17) is 9.47 Å². The van der Waals surface area contributed by atoms with Crippen molar-refractivity contribution in [2.24, 2.45) is 0 Å². The summed E-state index contributed by atoms with van der Waals surface area (Å²) in [5, 5.41) is 19.2. The van der Waals surface area contributed by atoms with Gasteiger partial charge in [0.05, 0.1) is 13.2 Å². The van der Waals surface area contributed by atoms with Gasteiger partial charge in [0.15, 0.2) is 0 Å². The molecule has 14 heteroatoms. The number of hydrogen-bond donors (Lipinski definition) is 2. The summed E-state index contributed by atoms with van der Waals surface area (Å²) >= 11 is 13.6. The second-order valence-corrected chi connectivity index (χ2v) is 13.6. The Balaban J connectivity index is 0.000000487. The van der Waals surface area contributed by atoms with Crippen molar-refractivity contribution in [1.82, 2.24) is 0 Å². The van der Waals surface area contributed by atoms with E-state index in [1.807, 2.05) is 48.5 Å². The summed E-state index contributed by atoms with van der Waals surface area (Å²) in [4.78, 5) is 49.3. The number of carbonyl (C=O) groups excluding carboxylic acids is 2. The van der Waals surface area contributed by atoms with E-state index < -0.39 is 47.5 Å². The summed E-state index contributed by atoms with van der Waals surface area (Å²) in [6.07, 6.45) is 0. The number of halogens is 4. The van der Waals surface area contributed by atoms with Gasteiger partial charge in [-0.05, 0) is 60.4 Å². The van der Waals surface area contributed by atoms with Crippen molar-refractivity contribution < 1.29 is 95.7 Å². The molecule has 0 amide bonds. The Morgan fingerprint density at radius 2 is 0.720 bits per heavy atom. The molecule has 3 N–H and O–H groups in total. The van der Waals surface area contributed by atoms with Crippen LogP contribution in [0.15, 0.2) is 115 Å². The predicted octanol–water partition coefficient (Wildman–Crippen LogP) is 6.28. The van der Waals surface area contributed by atoms with Crippen molar-refractivity contribution in [3.8, 4) is 0 Å². The fourth-order valence-corrected chi connectivity index (χ4v) is 7.29. The third kappa shape index (κ3) is 12.2. The van der Waals surface area contributed by atoms with E-state index in [0.717, 1.165) is 8.95 Å². The average molecular weight is 968 g/mol. The SMILES string of the molecule is CCOC(=O)C(c1ccccc1Br)C(C(=O)OCC)c1ccccc1Br.O=C(O)C(c1ccccc1Br)C(C(=O)O)c1ccccc1Br.[K+].[OH-]. The standard InChI is InChI=1S/C20H20Br2O4.C16H12Br2O4.K.H2O/c1-3-25-19(23)17(13-9-5-7-11-15(13)21)18(20(24)26-4-2)14-10-6-8-12-16(14)22;17-11-7-3-1-5-9(11)13(15(19)20)14(16(21)22)10-6-2-4-8-12(10)18;;/h5-12,17-18H,3-4H2,1-2H3;1-8,13-14H,(H,19,20)(H,21,22);;1H2/q;;+1;/p-1. The van der Waals surface area contributed by atoms with Crippen LogP contribution in [-0.4, -0.2) is 52.8 Å². The van der Waals surface area contributed by atoms with Crippen LogP contribution in [0.1, 0.15) is 59.8 Å². The zero-order chi connectivity index (χ0) is 35.4. The Bertz CT molecular complexity index is 1630. The van der Waals surface area contributed by atoms with Gasteiger partial charge in [-0.15, -0.1) is 0 Å². The first kappa shape index (κ1) is 46.3. The number of carbonyl (C=O) groups is 4. The van der Waals surface area contributed by atoms with Crippen molar-refractivity contribution in [3.05, 3.63) is 137 Å². The Hall–Kier alpha value is -1.72. The summed E-state index contributed by atoms with van der Waals surface area (Å²) in [5.74, 6) is -7.36. The maximum Gasteiger partial charge on any atom is 1.00 e. The minimum atomic E-state index is -1.20. The van der Waals surface area contributed by atoms with E-state index in [0.29, 0.717) is 31.2 Å². The molecule has 0 bridgehead atoms. The first-order chi connectivity index (χ1) is 22.9. The number of rotatable bonds is 12. The zero-order valence-corrected chi connectivity index (χ0v) is 36.7. The molecule has 0 aliphatic carbocycles. The van der Waals surface area contributed by atoms with Crippen LogP contribution in [0.5, 0.6) is 0 Å². The van der Waals surface area contributed by atoms with Gasteiger partial charge in [0.25, 0.3) is 0 Å². The molecule has 4 rings (SSSR count). The predicted molar refractivity (Wildman–Crippen MR) is 198 cm³/mol. The van der Waals surface area contributed by atoms with E-state index in [9.17, 15) is 29.4 Å². The number of carboxylic acids is 2. The van der Waals surface area contributed by atoms with Gasteiger partial charge in [-0.25, -0.2) is 0 Å². The Kier molecular flexibility index (Phi) is 21.3. The molecule has 4 atom stereocenters. The van der Waals surface area contributed by atoms with Gasteiger partial charge >= 0.3 is 75.3 Å². The van der Waals surface area contributed by atoms with E-state index in [2.05, 4.69) is 63.7 Å². The minimum absolute atomic E-state index is 0. The van der Waals surface area contributed by atoms with Crippen LogP contribution in [0.25, 0.3) is 0 Å². The van der Waals surface area contributed by atoms with Gasteiger partial charge < -0.3 is 25.2 Å². The van der Waals surface area contributed by atoms with E-state index in [1.54, 1.807) is 62.4 Å². The zero-order valence-electron chi connectivity index (χ0n) is 27.3. The number of carboxylic acid groups (broad SMARTS) is 2. The molecule has 9 nitrogen and oxygen atoms in total. The fraction of sp³-hybridized carbons (Fsp3) is 0.222. The number of aliphatic carboxylic acids is 2. The van der Waals surface area contributed by atoms with E-state index >= 15 is 0 Å². The second-order valence-electron chi connectivity index (χ2n) is 10.2. The summed E-state index contributed by atoms with van der Waals surface area (Å²) in [6.45, 7) is 3.94. The van der Waals surface area contributed by atoms with Crippen LogP contribution in [0.2, 0.25) is 0 Å². The van der Waals surface area contributed by atoms with Gasteiger partial charge in [0, 0.05) is 17.9 Å². The maximum atomic E-state index is 12.9. The van der Waals surface area contributed by atoms with Crippen molar-refractivity contribution >= 4 is 87.6 Å².